The highest BCUT2D eigenvalue weighted by Gasteiger charge is 2.23. The lowest BCUT2D eigenvalue weighted by molar-refractivity contribution is -0.132. The van der Waals surface area contributed by atoms with Crippen LogP contribution in [0.1, 0.15) is 29.7 Å². The summed E-state index contributed by atoms with van der Waals surface area (Å²) in [7, 11) is 5.58. The molecule has 0 aliphatic carbocycles. The van der Waals surface area contributed by atoms with E-state index in [4.69, 9.17) is 16.3 Å². The van der Waals surface area contributed by atoms with Gasteiger partial charge in [0.15, 0.2) is 6.10 Å². The molecule has 2 aromatic rings. The molecule has 0 aliphatic rings. The molecule has 0 bridgehead atoms. The first kappa shape index (κ1) is 19.4. The molecule has 2 aromatic carbocycles. The molecule has 1 N–H and O–H groups in total. The summed E-state index contributed by atoms with van der Waals surface area (Å²) in [5, 5.41) is 3.80. The normalized spacial score (nSPS) is 13.5. The lowest BCUT2D eigenvalue weighted by Gasteiger charge is -2.24. The topological polar surface area (TPSA) is 41.6 Å². The Morgan fingerprint density at radius 2 is 1.72 bits per heavy atom. The Hall–Kier alpha value is -1.88. The van der Waals surface area contributed by atoms with Crippen LogP contribution >= 0.6 is 11.6 Å². The molecule has 0 heterocycles. The molecule has 0 saturated carbocycles. The van der Waals surface area contributed by atoms with E-state index < -0.39 is 6.10 Å². The zero-order valence-corrected chi connectivity index (χ0v) is 15.7. The Labute approximate surface area is 154 Å². The number of carbonyl (C=O) groups is 1. The standard InChI is InChI=1S/C20H25ClN2O2/c1-23(2)14-13-18(15-9-11-17(21)12-10-15)22-20(24)19(25-3)16-7-5-4-6-8-16/h4-12,18-19H,13-14H2,1-3H3,(H,22,24)/t18-,19+/m0/s1. The van der Waals surface area contributed by atoms with Gasteiger partial charge in [-0.15, -0.1) is 0 Å². The van der Waals surface area contributed by atoms with Crippen LogP contribution in [0.2, 0.25) is 5.02 Å². The van der Waals surface area contributed by atoms with Crippen molar-refractivity contribution in [3.05, 3.63) is 70.7 Å². The smallest absolute Gasteiger partial charge is 0.254 e. The van der Waals surface area contributed by atoms with E-state index in [9.17, 15) is 4.79 Å². The van der Waals surface area contributed by atoms with Crippen molar-refractivity contribution in [2.45, 2.75) is 18.6 Å². The second kappa shape index (κ2) is 9.56. The van der Waals surface area contributed by atoms with Crippen molar-refractivity contribution in [2.24, 2.45) is 0 Å². The molecule has 2 atom stereocenters. The van der Waals surface area contributed by atoms with Gasteiger partial charge < -0.3 is 15.0 Å². The quantitative estimate of drug-likeness (QED) is 0.777. The van der Waals surface area contributed by atoms with Gasteiger partial charge >= 0.3 is 0 Å². The minimum Gasteiger partial charge on any atom is -0.367 e. The molecule has 0 saturated heterocycles. The Bertz CT molecular complexity index is 659. The SMILES string of the molecule is CO[C@@H](C(=O)N[C@@H](CCN(C)C)c1ccc(Cl)cc1)c1ccccc1. The van der Waals surface area contributed by atoms with E-state index in [1.165, 1.54) is 0 Å². The van der Waals surface area contributed by atoms with Crippen molar-refractivity contribution >= 4 is 17.5 Å². The number of rotatable bonds is 8. The van der Waals surface area contributed by atoms with E-state index in [2.05, 4.69) is 10.2 Å². The van der Waals surface area contributed by atoms with Gasteiger partial charge in [0.25, 0.3) is 5.91 Å². The first-order valence-electron chi connectivity index (χ1n) is 8.29. The Morgan fingerprint density at radius 1 is 1.08 bits per heavy atom. The highest BCUT2D eigenvalue weighted by atomic mass is 35.5. The van der Waals surface area contributed by atoms with Crippen molar-refractivity contribution in [3.63, 3.8) is 0 Å². The van der Waals surface area contributed by atoms with Gasteiger partial charge in [0, 0.05) is 12.1 Å². The number of hydrogen-bond acceptors (Lipinski definition) is 3. The minimum atomic E-state index is -0.629. The summed E-state index contributed by atoms with van der Waals surface area (Å²) in [6.07, 6.45) is 0.168. The summed E-state index contributed by atoms with van der Waals surface area (Å²) < 4.78 is 5.44. The van der Waals surface area contributed by atoms with Crippen LogP contribution in [-0.2, 0) is 9.53 Å². The average molecular weight is 361 g/mol. The number of methoxy groups -OCH3 is 1. The third kappa shape index (κ3) is 5.85. The summed E-state index contributed by atoms with van der Waals surface area (Å²) in [6, 6.07) is 17.0. The van der Waals surface area contributed by atoms with Gasteiger partial charge in [-0.1, -0.05) is 54.1 Å². The lowest BCUT2D eigenvalue weighted by Crippen LogP contribution is -2.35. The Morgan fingerprint density at radius 3 is 2.28 bits per heavy atom. The molecule has 0 radical (unpaired) electrons. The summed E-state index contributed by atoms with van der Waals surface area (Å²) in [5.41, 5.74) is 1.87. The fourth-order valence-corrected chi connectivity index (χ4v) is 2.80. The summed E-state index contributed by atoms with van der Waals surface area (Å²) in [5.74, 6) is -0.146. The fourth-order valence-electron chi connectivity index (χ4n) is 2.67. The van der Waals surface area contributed by atoms with E-state index in [0.717, 1.165) is 24.1 Å². The Balaban J connectivity index is 2.16. The average Bonchev–Trinajstić information content (AvgIpc) is 2.61. The second-order valence-electron chi connectivity index (χ2n) is 6.23. The molecule has 1 amide bonds. The molecule has 4 nitrogen and oxygen atoms in total. The van der Waals surface area contributed by atoms with Gasteiger partial charge in [-0.2, -0.15) is 0 Å². The van der Waals surface area contributed by atoms with Crippen LogP contribution in [-0.4, -0.2) is 38.6 Å². The van der Waals surface area contributed by atoms with E-state index in [1.807, 2.05) is 68.7 Å². The zero-order valence-electron chi connectivity index (χ0n) is 14.9. The second-order valence-corrected chi connectivity index (χ2v) is 6.67. The van der Waals surface area contributed by atoms with Crippen molar-refractivity contribution in [3.8, 4) is 0 Å². The lowest BCUT2D eigenvalue weighted by atomic mass is 10.0. The van der Waals surface area contributed by atoms with Gasteiger partial charge in [-0.05, 0) is 50.3 Å². The van der Waals surface area contributed by atoms with Crippen molar-refractivity contribution in [2.75, 3.05) is 27.7 Å². The Kier molecular flexibility index (Phi) is 7.44. The number of hydrogen-bond donors (Lipinski definition) is 1. The van der Waals surface area contributed by atoms with Crippen molar-refractivity contribution in [1.82, 2.24) is 10.2 Å². The third-order valence-corrected chi connectivity index (χ3v) is 4.28. The highest BCUT2D eigenvalue weighted by Crippen LogP contribution is 2.23. The molecule has 2 rings (SSSR count). The molecule has 0 fully saturated rings. The molecule has 25 heavy (non-hydrogen) atoms. The van der Waals surface area contributed by atoms with E-state index in [-0.39, 0.29) is 11.9 Å². The summed E-state index contributed by atoms with van der Waals surface area (Å²) >= 11 is 5.99. The summed E-state index contributed by atoms with van der Waals surface area (Å²) in [4.78, 5) is 14.9. The van der Waals surface area contributed by atoms with Crippen LogP contribution in [0.15, 0.2) is 54.6 Å². The van der Waals surface area contributed by atoms with Gasteiger partial charge in [0.2, 0.25) is 0 Å². The van der Waals surface area contributed by atoms with Crippen molar-refractivity contribution < 1.29 is 9.53 Å². The molecular weight excluding hydrogens is 336 g/mol. The number of nitrogens with zero attached hydrogens (tertiary/aromatic N) is 1. The first-order chi connectivity index (χ1) is 12.0. The van der Waals surface area contributed by atoms with Gasteiger partial charge in [-0.25, -0.2) is 0 Å². The molecule has 134 valence electrons. The van der Waals surface area contributed by atoms with Crippen LogP contribution in [0.25, 0.3) is 0 Å². The number of amides is 1. The molecule has 0 spiro atoms. The van der Waals surface area contributed by atoms with Crippen LogP contribution in [0.4, 0.5) is 0 Å². The minimum absolute atomic E-state index is 0.103. The molecule has 0 aromatic heterocycles. The van der Waals surface area contributed by atoms with E-state index in [0.29, 0.717) is 5.02 Å². The number of nitrogens with one attached hydrogen (secondary N) is 1. The zero-order chi connectivity index (χ0) is 18.2. The van der Waals surface area contributed by atoms with Gasteiger partial charge in [0.1, 0.15) is 0 Å². The molecule has 0 unspecified atom stereocenters. The molecular formula is C20H25ClN2O2. The van der Waals surface area contributed by atoms with Crippen LogP contribution in [0.5, 0.6) is 0 Å². The highest BCUT2D eigenvalue weighted by molar-refractivity contribution is 6.30. The maximum absolute atomic E-state index is 12.8. The van der Waals surface area contributed by atoms with Crippen molar-refractivity contribution in [1.29, 1.82) is 0 Å². The predicted octanol–water partition coefficient (Wildman–Crippen LogP) is 3.84. The van der Waals surface area contributed by atoms with Gasteiger partial charge in [0.05, 0.1) is 6.04 Å². The van der Waals surface area contributed by atoms with E-state index in [1.54, 1.807) is 7.11 Å². The predicted molar refractivity (Wildman–Crippen MR) is 102 cm³/mol. The number of halogens is 1. The maximum atomic E-state index is 12.8. The third-order valence-electron chi connectivity index (χ3n) is 4.03. The number of ether oxygens (including phenoxy) is 1. The van der Waals surface area contributed by atoms with Crippen LogP contribution < -0.4 is 5.32 Å². The number of benzene rings is 2. The first-order valence-corrected chi connectivity index (χ1v) is 8.67. The molecule has 0 aliphatic heterocycles. The fraction of sp³-hybridized carbons (Fsp3) is 0.350. The maximum Gasteiger partial charge on any atom is 0.254 e. The molecule has 5 heteroatoms. The van der Waals surface area contributed by atoms with Crippen LogP contribution in [0, 0.1) is 0 Å². The van der Waals surface area contributed by atoms with Gasteiger partial charge in [-0.3, -0.25) is 4.79 Å². The largest absolute Gasteiger partial charge is 0.367 e. The monoisotopic (exact) mass is 360 g/mol. The van der Waals surface area contributed by atoms with E-state index >= 15 is 0 Å². The summed E-state index contributed by atoms with van der Waals surface area (Å²) in [6.45, 7) is 0.858. The van der Waals surface area contributed by atoms with Crippen LogP contribution in [0.3, 0.4) is 0 Å². The number of carbonyl (C=O) groups excluding carboxylic acids is 1.